The lowest BCUT2D eigenvalue weighted by atomic mass is 10.1. The van der Waals surface area contributed by atoms with Gasteiger partial charge in [-0.25, -0.2) is 4.98 Å². The summed E-state index contributed by atoms with van der Waals surface area (Å²) in [4.78, 5) is 18.3. The fourth-order valence-electron chi connectivity index (χ4n) is 2.70. The lowest BCUT2D eigenvalue weighted by molar-refractivity contribution is 0.102. The molecule has 7 heteroatoms. The zero-order valence-corrected chi connectivity index (χ0v) is 17.1. The first kappa shape index (κ1) is 19.7. The van der Waals surface area contributed by atoms with Crippen molar-refractivity contribution in [2.45, 2.75) is 13.8 Å². The molecule has 0 saturated heterocycles. The first-order valence-electron chi connectivity index (χ1n) is 8.79. The summed E-state index contributed by atoms with van der Waals surface area (Å²) in [5.41, 5.74) is 2.25. The Kier molecular flexibility index (Phi) is 6.16. The topological polar surface area (TPSA) is 69.7 Å². The number of carbonyl (C=O) groups excluding carboxylic acids is 1. The summed E-state index contributed by atoms with van der Waals surface area (Å²) in [6.07, 6.45) is 0. The van der Waals surface area contributed by atoms with Crippen molar-refractivity contribution >= 4 is 22.4 Å². The predicted octanol–water partition coefficient (Wildman–Crippen LogP) is 4.79. The fourth-order valence-corrected chi connectivity index (χ4v) is 3.53. The SMILES string of the molecule is CCOc1ccc(-c2nc(NC(=O)c3cc(OC)cc(OC)c3)sc2C)cc1. The monoisotopic (exact) mass is 398 g/mol. The number of aromatic nitrogens is 1. The van der Waals surface area contributed by atoms with Gasteiger partial charge < -0.3 is 14.2 Å². The maximum atomic E-state index is 12.7. The maximum absolute atomic E-state index is 12.7. The minimum Gasteiger partial charge on any atom is -0.497 e. The third-order valence-electron chi connectivity index (χ3n) is 4.07. The van der Waals surface area contributed by atoms with Gasteiger partial charge in [0.25, 0.3) is 5.91 Å². The number of benzene rings is 2. The molecule has 0 aliphatic carbocycles. The Balaban J connectivity index is 1.80. The second-order valence-electron chi connectivity index (χ2n) is 5.94. The number of anilines is 1. The van der Waals surface area contributed by atoms with Gasteiger partial charge in [0.1, 0.15) is 17.2 Å². The molecule has 2 aromatic carbocycles. The van der Waals surface area contributed by atoms with Gasteiger partial charge in [-0.1, -0.05) is 0 Å². The number of methoxy groups -OCH3 is 2. The Labute approximate surface area is 168 Å². The summed E-state index contributed by atoms with van der Waals surface area (Å²) in [7, 11) is 3.09. The van der Waals surface area contributed by atoms with Crippen LogP contribution >= 0.6 is 11.3 Å². The van der Waals surface area contributed by atoms with Gasteiger partial charge >= 0.3 is 0 Å². The normalized spacial score (nSPS) is 10.4. The van der Waals surface area contributed by atoms with Crippen molar-refractivity contribution < 1.29 is 19.0 Å². The zero-order valence-electron chi connectivity index (χ0n) is 16.2. The minimum absolute atomic E-state index is 0.274. The van der Waals surface area contributed by atoms with Crippen molar-refractivity contribution in [2.24, 2.45) is 0 Å². The number of thiazole rings is 1. The van der Waals surface area contributed by atoms with E-state index in [1.165, 1.54) is 11.3 Å². The third-order valence-corrected chi connectivity index (χ3v) is 4.96. The largest absolute Gasteiger partial charge is 0.497 e. The predicted molar refractivity (Wildman–Crippen MR) is 111 cm³/mol. The van der Waals surface area contributed by atoms with E-state index in [0.29, 0.717) is 28.8 Å². The molecule has 3 aromatic rings. The average molecular weight is 398 g/mol. The zero-order chi connectivity index (χ0) is 20.1. The Bertz CT molecular complexity index is 945. The Morgan fingerprint density at radius 1 is 1.04 bits per heavy atom. The molecule has 1 aromatic heterocycles. The first-order valence-corrected chi connectivity index (χ1v) is 9.60. The van der Waals surface area contributed by atoms with E-state index in [-0.39, 0.29) is 5.91 Å². The van der Waals surface area contributed by atoms with Crippen LogP contribution in [0.3, 0.4) is 0 Å². The third kappa shape index (κ3) is 4.43. The van der Waals surface area contributed by atoms with Gasteiger partial charge in [0.15, 0.2) is 5.13 Å². The van der Waals surface area contributed by atoms with Crippen LogP contribution in [-0.4, -0.2) is 31.7 Å². The van der Waals surface area contributed by atoms with Crippen molar-refractivity contribution in [1.82, 2.24) is 4.98 Å². The van der Waals surface area contributed by atoms with E-state index in [0.717, 1.165) is 21.9 Å². The number of nitrogens with zero attached hydrogens (tertiary/aromatic N) is 1. The van der Waals surface area contributed by atoms with Crippen LogP contribution < -0.4 is 19.5 Å². The molecule has 6 nitrogen and oxygen atoms in total. The minimum atomic E-state index is -0.274. The van der Waals surface area contributed by atoms with Crippen LogP contribution in [0.4, 0.5) is 5.13 Å². The van der Waals surface area contributed by atoms with Crippen molar-refractivity contribution in [1.29, 1.82) is 0 Å². The van der Waals surface area contributed by atoms with Crippen LogP contribution in [0, 0.1) is 6.92 Å². The standard InChI is InChI=1S/C21H22N2O4S/c1-5-27-16-8-6-14(7-9-16)19-13(2)28-21(22-19)23-20(24)15-10-17(25-3)12-18(11-15)26-4/h6-12H,5H2,1-4H3,(H,22,23,24). The second kappa shape index (κ2) is 8.75. The van der Waals surface area contributed by atoms with Gasteiger partial charge in [-0.3, -0.25) is 10.1 Å². The average Bonchev–Trinajstić information content (AvgIpc) is 3.08. The number of carbonyl (C=O) groups is 1. The smallest absolute Gasteiger partial charge is 0.257 e. The molecule has 28 heavy (non-hydrogen) atoms. The highest BCUT2D eigenvalue weighted by Crippen LogP contribution is 2.32. The quantitative estimate of drug-likeness (QED) is 0.620. The molecule has 1 heterocycles. The number of rotatable bonds is 7. The van der Waals surface area contributed by atoms with Crippen molar-refractivity contribution in [3.63, 3.8) is 0 Å². The molecule has 0 aliphatic heterocycles. The molecule has 0 aliphatic rings. The molecule has 1 N–H and O–H groups in total. The van der Waals surface area contributed by atoms with Gasteiger partial charge in [0, 0.05) is 22.1 Å². The van der Waals surface area contributed by atoms with E-state index in [9.17, 15) is 4.79 Å². The summed E-state index contributed by atoms with van der Waals surface area (Å²) < 4.78 is 15.9. The summed E-state index contributed by atoms with van der Waals surface area (Å²) in [6.45, 7) is 4.55. The number of hydrogen-bond acceptors (Lipinski definition) is 6. The first-order chi connectivity index (χ1) is 13.5. The summed E-state index contributed by atoms with van der Waals surface area (Å²) in [5.74, 6) is 1.65. The molecule has 0 bridgehead atoms. The van der Waals surface area contributed by atoms with Crippen LogP contribution in [0.5, 0.6) is 17.2 Å². The molecule has 1 amide bonds. The number of ether oxygens (including phenoxy) is 3. The van der Waals surface area contributed by atoms with Crippen molar-refractivity contribution in [3.8, 4) is 28.5 Å². The molecule has 0 saturated carbocycles. The van der Waals surface area contributed by atoms with Gasteiger partial charge in [-0.05, 0) is 50.2 Å². The molecule has 0 atom stereocenters. The van der Waals surface area contributed by atoms with Crippen molar-refractivity contribution in [2.75, 3.05) is 26.1 Å². The van der Waals surface area contributed by atoms with E-state index in [1.54, 1.807) is 32.4 Å². The molecule has 0 radical (unpaired) electrons. The molecular weight excluding hydrogens is 376 g/mol. The lowest BCUT2D eigenvalue weighted by Crippen LogP contribution is -2.12. The highest BCUT2D eigenvalue weighted by atomic mass is 32.1. The molecule has 0 unspecified atom stereocenters. The van der Waals surface area contributed by atoms with E-state index < -0.39 is 0 Å². The highest BCUT2D eigenvalue weighted by Gasteiger charge is 2.15. The number of nitrogens with one attached hydrogen (secondary N) is 1. The van der Waals surface area contributed by atoms with Gasteiger partial charge in [0.05, 0.1) is 26.5 Å². The summed E-state index contributed by atoms with van der Waals surface area (Å²) in [5, 5.41) is 3.39. The van der Waals surface area contributed by atoms with Gasteiger partial charge in [-0.2, -0.15) is 0 Å². The molecule has 3 rings (SSSR count). The number of amides is 1. The maximum Gasteiger partial charge on any atom is 0.257 e. The second-order valence-corrected chi connectivity index (χ2v) is 7.14. The van der Waals surface area contributed by atoms with Crippen LogP contribution in [0.15, 0.2) is 42.5 Å². The van der Waals surface area contributed by atoms with Crippen LogP contribution in [-0.2, 0) is 0 Å². The summed E-state index contributed by atoms with van der Waals surface area (Å²) in [6, 6.07) is 12.8. The highest BCUT2D eigenvalue weighted by molar-refractivity contribution is 7.16. The van der Waals surface area contributed by atoms with Crippen LogP contribution in [0.1, 0.15) is 22.2 Å². The van der Waals surface area contributed by atoms with Crippen LogP contribution in [0.25, 0.3) is 11.3 Å². The number of hydrogen-bond donors (Lipinski definition) is 1. The van der Waals surface area contributed by atoms with Crippen LogP contribution in [0.2, 0.25) is 0 Å². The molecular formula is C21H22N2O4S. The lowest BCUT2D eigenvalue weighted by Gasteiger charge is -2.08. The fraction of sp³-hybridized carbons (Fsp3) is 0.238. The van der Waals surface area contributed by atoms with Gasteiger partial charge in [0.2, 0.25) is 0 Å². The Morgan fingerprint density at radius 2 is 1.68 bits per heavy atom. The van der Waals surface area contributed by atoms with E-state index >= 15 is 0 Å². The molecule has 146 valence electrons. The van der Waals surface area contributed by atoms with E-state index in [4.69, 9.17) is 14.2 Å². The molecule has 0 spiro atoms. The Hall–Kier alpha value is -3.06. The molecule has 0 fully saturated rings. The van der Waals surface area contributed by atoms with Crippen molar-refractivity contribution in [3.05, 3.63) is 52.9 Å². The summed E-state index contributed by atoms with van der Waals surface area (Å²) >= 11 is 1.43. The number of aryl methyl sites for hydroxylation is 1. The van der Waals surface area contributed by atoms with E-state index in [1.807, 2.05) is 38.1 Å². The van der Waals surface area contributed by atoms with Gasteiger partial charge in [-0.15, -0.1) is 11.3 Å². The Morgan fingerprint density at radius 3 is 2.25 bits per heavy atom. The van der Waals surface area contributed by atoms with E-state index in [2.05, 4.69) is 10.3 Å².